The van der Waals surface area contributed by atoms with Crippen LogP contribution in [0.1, 0.15) is 36.2 Å². The summed E-state index contributed by atoms with van der Waals surface area (Å²) in [4.78, 5) is 24.7. The van der Waals surface area contributed by atoms with Gasteiger partial charge in [-0.25, -0.2) is 4.79 Å². The fraction of sp³-hybridized carbons (Fsp3) is 0.304. The smallest absolute Gasteiger partial charge is 0.340 e. The largest absolute Gasteiger partial charge is 0.462 e. The van der Waals surface area contributed by atoms with E-state index in [0.29, 0.717) is 16.4 Å². The van der Waals surface area contributed by atoms with Crippen LogP contribution in [0.5, 0.6) is 0 Å². The van der Waals surface area contributed by atoms with Crippen LogP contribution in [-0.2, 0) is 16.1 Å². The minimum atomic E-state index is -0.462. The van der Waals surface area contributed by atoms with Gasteiger partial charge in [-0.3, -0.25) is 4.79 Å². The van der Waals surface area contributed by atoms with E-state index in [0.717, 1.165) is 29.9 Å². The summed E-state index contributed by atoms with van der Waals surface area (Å²) in [6, 6.07) is 14.9. The van der Waals surface area contributed by atoms with E-state index in [2.05, 4.69) is 28.5 Å². The van der Waals surface area contributed by atoms with Crippen LogP contribution in [-0.4, -0.2) is 39.0 Å². The van der Waals surface area contributed by atoms with Gasteiger partial charge in [-0.1, -0.05) is 54.6 Å². The molecule has 1 heterocycles. The second-order valence-corrected chi connectivity index (χ2v) is 7.87. The molecular weight excluding hydrogens is 412 g/mol. The van der Waals surface area contributed by atoms with Gasteiger partial charge in [-0.2, -0.15) is 0 Å². The van der Waals surface area contributed by atoms with Crippen molar-refractivity contribution in [3.63, 3.8) is 0 Å². The highest BCUT2D eigenvalue weighted by Crippen LogP contribution is 2.25. The molecule has 2 aromatic carbocycles. The molecular formula is C23H26N4O3S. The summed E-state index contributed by atoms with van der Waals surface area (Å²) in [7, 11) is 0. The highest BCUT2D eigenvalue weighted by Gasteiger charge is 2.17. The summed E-state index contributed by atoms with van der Waals surface area (Å²) in [5, 5.41) is 12.2. The topological polar surface area (TPSA) is 86.1 Å². The van der Waals surface area contributed by atoms with E-state index in [4.69, 9.17) is 4.74 Å². The monoisotopic (exact) mass is 438 g/mol. The lowest BCUT2D eigenvalue weighted by molar-refractivity contribution is -0.113. The summed E-state index contributed by atoms with van der Waals surface area (Å²) >= 11 is 1.32. The van der Waals surface area contributed by atoms with Gasteiger partial charge in [-0.15, -0.1) is 10.2 Å². The molecule has 0 atom stereocenters. The maximum atomic E-state index is 12.6. The maximum Gasteiger partial charge on any atom is 0.340 e. The number of amides is 1. The number of carbonyl (C=O) groups is 2. The van der Waals surface area contributed by atoms with E-state index in [1.54, 1.807) is 31.2 Å². The number of ether oxygens (including phenoxy) is 1. The summed E-state index contributed by atoms with van der Waals surface area (Å²) in [6.07, 6.45) is 0.920. The predicted molar refractivity (Wildman–Crippen MR) is 122 cm³/mol. The van der Waals surface area contributed by atoms with Crippen LogP contribution < -0.4 is 5.32 Å². The zero-order chi connectivity index (χ0) is 22.2. The maximum absolute atomic E-state index is 12.6. The molecule has 0 aliphatic heterocycles. The fourth-order valence-corrected chi connectivity index (χ4v) is 3.88. The van der Waals surface area contributed by atoms with Crippen molar-refractivity contribution < 1.29 is 14.3 Å². The van der Waals surface area contributed by atoms with Crippen LogP contribution in [0.4, 0.5) is 5.69 Å². The number of thioether (sulfide) groups is 1. The van der Waals surface area contributed by atoms with Crippen LogP contribution in [0.3, 0.4) is 0 Å². The molecule has 7 nitrogen and oxygen atoms in total. The average Bonchev–Trinajstić information content (AvgIpc) is 3.16. The Bertz CT molecular complexity index is 1060. The van der Waals surface area contributed by atoms with Crippen molar-refractivity contribution in [1.82, 2.24) is 14.8 Å². The molecule has 0 fully saturated rings. The second-order valence-electron chi connectivity index (χ2n) is 6.93. The molecule has 1 N–H and O–H groups in total. The molecule has 1 amide bonds. The number of anilines is 1. The standard InChI is InChI=1S/C23H26N4O3S/c1-4-13-27-21(17-10-8-9-16(3)14-17)25-26-23(27)31-15-20(28)24-19-12-7-6-11-18(19)22(29)30-5-2/h6-12,14H,4-5,13,15H2,1-3H3,(H,24,28). The van der Waals surface area contributed by atoms with Crippen molar-refractivity contribution in [3.8, 4) is 11.4 Å². The zero-order valence-electron chi connectivity index (χ0n) is 17.9. The van der Waals surface area contributed by atoms with Crippen LogP contribution in [0.2, 0.25) is 0 Å². The van der Waals surface area contributed by atoms with Gasteiger partial charge < -0.3 is 14.6 Å². The van der Waals surface area contributed by atoms with Crippen molar-refractivity contribution in [2.75, 3.05) is 17.7 Å². The molecule has 0 radical (unpaired) electrons. The molecule has 0 aliphatic carbocycles. The molecule has 0 unspecified atom stereocenters. The first kappa shape index (κ1) is 22.6. The highest BCUT2D eigenvalue weighted by molar-refractivity contribution is 7.99. The number of hydrogen-bond acceptors (Lipinski definition) is 6. The number of hydrogen-bond donors (Lipinski definition) is 1. The van der Waals surface area contributed by atoms with E-state index in [9.17, 15) is 9.59 Å². The number of aromatic nitrogens is 3. The van der Waals surface area contributed by atoms with Gasteiger partial charge in [-0.05, 0) is 38.5 Å². The first-order chi connectivity index (χ1) is 15.0. The van der Waals surface area contributed by atoms with E-state index in [1.165, 1.54) is 11.8 Å². The van der Waals surface area contributed by atoms with Crippen molar-refractivity contribution >= 4 is 29.3 Å². The Morgan fingerprint density at radius 1 is 1.10 bits per heavy atom. The molecule has 0 spiro atoms. The fourth-order valence-electron chi connectivity index (χ4n) is 3.11. The van der Waals surface area contributed by atoms with Gasteiger partial charge in [0.25, 0.3) is 0 Å². The van der Waals surface area contributed by atoms with Crippen LogP contribution in [0.25, 0.3) is 11.4 Å². The van der Waals surface area contributed by atoms with E-state index in [1.807, 2.05) is 29.7 Å². The number of benzene rings is 2. The number of aryl methyl sites for hydroxylation is 1. The second kappa shape index (κ2) is 10.8. The number of nitrogens with one attached hydrogen (secondary N) is 1. The third kappa shape index (κ3) is 5.73. The Morgan fingerprint density at radius 3 is 2.65 bits per heavy atom. The van der Waals surface area contributed by atoms with Crippen LogP contribution in [0.15, 0.2) is 53.7 Å². The van der Waals surface area contributed by atoms with Gasteiger partial charge in [0.05, 0.1) is 23.6 Å². The lowest BCUT2D eigenvalue weighted by Crippen LogP contribution is -2.17. The summed E-state index contributed by atoms with van der Waals surface area (Å²) in [6.45, 7) is 6.90. The Balaban J connectivity index is 1.72. The normalized spacial score (nSPS) is 10.7. The molecule has 0 saturated carbocycles. The summed E-state index contributed by atoms with van der Waals surface area (Å²) < 4.78 is 7.10. The third-order valence-electron chi connectivity index (χ3n) is 4.47. The van der Waals surface area contributed by atoms with E-state index < -0.39 is 5.97 Å². The molecule has 1 aromatic heterocycles. The van der Waals surface area contributed by atoms with E-state index >= 15 is 0 Å². The SMILES string of the molecule is CCCn1c(SCC(=O)Nc2ccccc2C(=O)OCC)nnc1-c1cccc(C)c1. The van der Waals surface area contributed by atoms with Crippen molar-refractivity contribution in [1.29, 1.82) is 0 Å². The summed E-state index contributed by atoms with van der Waals surface area (Å²) in [5.74, 6) is 0.245. The Hall–Kier alpha value is -3.13. The van der Waals surface area contributed by atoms with Gasteiger partial charge in [0.2, 0.25) is 5.91 Å². The number of nitrogens with zero attached hydrogens (tertiary/aromatic N) is 3. The zero-order valence-corrected chi connectivity index (χ0v) is 18.7. The lowest BCUT2D eigenvalue weighted by atomic mass is 10.1. The first-order valence-corrected chi connectivity index (χ1v) is 11.2. The lowest BCUT2D eigenvalue weighted by Gasteiger charge is -2.11. The van der Waals surface area contributed by atoms with Crippen molar-refractivity contribution in [3.05, 3.63) is 59.7 Å². The number of esters is 1. The number of carbonyl (C=O) groups excluding carboxylic acids is 2. The quantitative estimate of drug-likeness (QED) is 0.389. The molecule has 3 aromatic rings. The molecule has 0 bridgehead atoms. The molecule has 0 saturated heterocycles. The minimum Gasteiger partial charge on any atom is -0.462 e. The molecule has 31 heavy (non-hydrogen) atoms. The minimum absolute atomic E-state index is 0.146. The van der Waals surface area contributed by atoms with Crippen molar-refractivity contribution in [2.45, 2.75) is 38.9 Å². The van der Waals surface area contributed by atoms with Crippen molar-refractivity contribution in [2.24, 2.45) is 0 Å². The first-order valence-electron chi connectivity index (χ1n) is 10.2. The average molecular weight is 439 g/mol. The predicted octanol–water partition coefficient (Wildman–Crippen LogP) is 4.57. The number of para-hydroxylation sites is 1. The highest BCUT2D eigenvalue weighted by atomic mass is 32.2. The van der Waals surface area contributed by atoms with Gasteiger partial charge >= 0.3 is 5.97 Å². The molecule has 162 valence electrons. The summed E-state index contributed by atoms with van der Waals surface area (Å²) in [5.41, 5.74) is 2.92. The number of rotatable bonds is 9. The molecule has 3 rings (SSSR count). The third-order valence-corrected chi connectivity index (χ3v) is 5.44. The van der Waals surface area contributed by atoms with Gasteiger partial charge in [0.1, 0.15) is 0 Å². The Labute approximate surface area is 186 Å². The van der Waals surface area contributed by atoms with Crippen LogP contribution >= 0.6 is 11.8 Å². The Morgan fingerprint density at radius 2 is 1.90 bits per heavy atom. The van der Waals surface area contributed by atoms with Gasteiger partial charge in [0.15, 0.2) is 11.0 Å². The molecule has 8 heteroatoms. The Kier molecular flexibility index (Phi) is 7.83. The van der Waals surface area contributed by atoms with Gasteiger partial charge in [0, 0.05) is 12.1 Å². The van der Waals surface area contributed by atoms with E-state index in [-0.39, 0.29) is 18.3 Å². The molecule has 0 aliphatic rings. The van der Waals surface area contributed by atoms with Crippen LogP contribution in [0, 0.1) is 6.92 Å².